The number of piperazine rings is 1. The topological polar surface area (TPSA) is 39.7 Å². The molecule has 0 saturated carbocycles. The third-order valence-corrected chi connectivity index (χ3v) is 7.20. The van der Waals surface area contributed by atoms with E-state index in [0.29, 0.717) is 24.9 Å². The Morgan fingerprint density at radius 1 is 1.06 bits per heavy atom. The van der Waals surface area contributed by atoms with Crippen molar-refractivity contribution in [2.24, 2.45) is 5.92 Å². The molecule has 1 aromatic carbocycles. The second-order valence-electron chi connectivity index (χ2n) is 9.54. The summed E-state index contributed by atoms with van der Waals surface area (Å²) >= 11 is 5.98. The van der Waals surface area contributed by atoms with Gasteiger partial charge in [0.2, 0.25) is 5.91 Å². The SMILES string of the molecule is C.O=C(CCCN1CCN(c2ccc(Cl)cc2)CC1)N1CCC[C@H](Cc2cncc(C(F)(F)F)c2)C1. The van der Waals surface area contributed by atoms with Crippen molar-refractivity contribution in [1.29, 1.82) is 0 Å². The van der Waals surface area contributed by atoms with Gasteiger partial charge in [-0.15, -0.1) is 0 Å². The molecule has 5 nitrogen and oxygen atoms in total. The van der Waals surface area contributed by atoms with Crippen LogP contribution in [0.5, 0.6) is 0 Å². The van der Waals surface area contributed by atoms with Crippen LogP contribution < -0.4 is 4.90 Å². The quantitative estimate of drug-likeness (QED) is 0.461. The lowest BCUT2D eigenvalue weighted by Crippen LogP contribution is -2.47. The van der Waals surface area contributed by atoms with Crippen molar-refractivity contribution in [2.45, 2.75) is 45.7 Å². The second-order valence-corrected chi connectivity index (χ2v) is 9.98. The van der Waals surface area contributed by atoms with Crippen LogP contribution in [0.1, 0.15) is 44.2 Å². The van der Waals surface area contributed by atoms with E-state index in [1.807, 2.05) is 29.2 Å². The first-order valence-corrected chi connectivity index (χ1v) is 12.7. The Labute approximate surface area is 217 Å². The van der Waals surface area contributed by atoms with Crippen LogP contribution in [-0.4, -0.2) is 66.5 Å². The first kappa shape index (κ1) is 28.3. The molecule has 4 rings (SSSR count). The molecule has 1 amide bonds. The van der Waals surface area contributed by atoms with Gasteiger partial charge in [0.05, 0.1) is 5.56 Å². The Morgan fingerprint density at radius 2 is 1.78 bits per heavy atom. The van der Waals surface area contributed by atoms with Gasteiger partial charge in [-0.25, -0.2) is 0 Å². The highest BCUT2D eigenvalue weighted by molar-refractivity contribution is 6.30. The van der Waals surface area contributed by atoms with Crippen molar-refractivity contribution in [3.8, 4) is 0 Å². The standard InChI is InChI=1S/C26H32ClF3N4O.CH4/c27-23-5-7-24(8-6-23)33-13-11-32(12-14-33)9-2-4-25(35)34-10-1-3-20(19-34)15-21-16-22(18-31-17-21)26(28,29)30;/h5-8,16-18,20H,1-4,9-15,19H2;1H4/t20-;/m1./s1. The molecule has 2 aliphatic rings. The molecule has 3 heterocycles. The van der Waals surface area contributed by atoms with Gasteiger partial charge in [-0.1, -0.05) is 19.0 Å². The van der Waals surface area contributed by atoms with Crippen molar-refractivity contribution < 1.29 is 18.0 Å². The highest BCUT2D eigenvalue weighted by atomic mass is 35.5. The molecule has 0 bridgehead atoms. The molecule has 9 heteroatoms. The summed E-state index contributed by atoms with van der Waals surface area (Å²) in [4.78, 5) is 23.2. The van der Waals surface area contributed by atoms with E-state index in [2.05, 4.69) is 14.8 Å². The maximum atomic E-state index is 13.0. The van der Waals surface area contributed by atoms with Crippen molar-refractivity contribution in [1.82, 2.24) is 14.8 Å². The van der Waals surface area contributed by atoms with Crippen LogP contribution >= 0.6 is 11.6 Å². The van der Waals surface area contributed by atoms with E-state index in [9.17, 15) is 18.0 Å². The van der Waals surface area contributed by atoms with Crippen LogP contribution in [0.3, 0.4) is 0 Å². The number of halogens is 4. The van der Waals surface area contributed by atoms with Gasteiger partial charge in [-0.3, -0.25) is 14.7 Å². The molecule has 198 valence electrons. The fraction of sp³-hybridized carbons (Fsp3) is 0.556. The number of pyridine rings is 1. The van der Waals surface area contributed by atoms with Gasteiger partial charge in [0.1, 0.15) is 0 Å². The summed E-state index contributed by atoms with van der Waals surface area (Å²) in [6.07, 6.45) is 1.61. The van der Waals surface area contributed by atoms with Gasteiger partial charge in [0.25, 0.3) is 0 Å². The van der Waals surface area contributed by atoms with Crippen LogP contribution in [0, 0.1) is 5.92 Å². The van der Waals surface area contributed by atoms with Crippen molar-refractivity contribution >= 4 is 23.2 Å². The first-order valence-electron chi connectivity index (χ1n) is 12.3. The average molecular weight is 525 g/mol. The van der Waals surface area contributed by atoms with Crippen LogP contribution in [0.2, 0.25) is 5.02 Å². The number of alkyl halides is 3. The monoisotopic (exact) mass is 524 g/mol. The summed E-state index contributed by atoms with van der Waals surface area (Å²) in [5.41, 5.74) is 1.05. The van der Waals surface area contributed by atoms with Crippen molar-refractivity contribution in [3.63, 3.8) is 0 Å². The molecule has 0 spiro atoms. The summed E-state index contributed by atoms with van der Waals surface area (Å²) in [7, 11) is 0. The lowest BCUT2D eigenvalue weighted by molar-refractivity contribution is -0.137. The van der Waals surface area contributed by atoms with E-state index in [4.69, 9.17) is 11.6 Å². The van der Waals surface area contributed by atoms with Gasteiger partial charge in [-0.05, 0) is 74.0 Å². The van der Waals surface area contributed by atoms with Crippen molar-refractivity contribution in [3.05, 3.63) is 58.9 Å². The van der Waals surface area contributed by atoms with E-state index in [1.165, 1.54) is 18.0 Å². The maximum Gasteiger partial charge on any atom is 0.417 e. The normalized spacial score (nSPS) is 19.2. The molecule has 0 aliphatic carbocycles. The number of hydrogen-bond donors (Lipinski definition) is 0. The number of nitrogens with zero attached hydrogens (tertiary/aromatic N) is 4. The summed E-state index contributed by atoms with van der Waals surface area (Å²) in [5.74, 6) is 0.315. The molecule has 1 atom stereocenters. The largest absolute Gasteiger partial charge is 0.417 e. The maximum absolute atomic E-state index is 13.0. The highest BCUT2D eigenvalue weighted by Crippen LogP contribution is 2.30. The van der Waals surface area contributed by atoms with Gasteiger partial charge in [0.15, 0.2) is 0 Å². The number of carbonyl (C=O) groups is 1. The Hall–Kier alpha value is -2.32. The lowest BCUT2D eigenvalue weighted by atomic mass is 9.91. The number of carbonyl (C=O) groups excluding carboxylic acids is 1. The number of hydrogen-bond acceptors (Lipinski definition) is 4. The second kappa shape index (κ2) is 12.8. The van der Waals surface area contributed by atoms with Gasteiger partial charge in [-0.2, -0.15) is 13.2 Å². The van der Waals surface area contributed by atoms with Crippen LogP contribution in [-0.2, 0) is 17.4 Å². The molecule has 2 aliphatic heterocycles. The van der Waals surface area contributed by atoms with Crippen LogP contribution in [0.25, 0.3) is 0 Å². The number of rotatable bonds is 7. The minimum Gasteiger partial charge on any atom is -0.369 e. The van der Waals surface area contributed by atoms with E-state index < -0.39 is 11.7 Å². The van der Waals surface area contributed by atoms with E-state index in [1.54, 1.807) is 0 Å². The fourth-order valence-corrected chi connectivity index (χ4v) is 5.17. The number of benzene rings is 1. The Morgan fingerprint density at radius 3 is 2.47 bits per heavy atom. The van der Waals surface area contributed by atoms with E-state index in [0.717, 1.165) is 69.8 Å². The van der Waals surface area contributed by atoms with Gasteiger partial charge >= 0.3 is 6.18 Å². The minimum absolute atomic E-state index is 0. The predicted molar refractivity (Wildman–Crippen MR) is 138 cm³/mol. The fourth-order valence-electron chi connectivity index (χ4n) is 5.04. The zero-order valence-corrected chi connectivity index (χ0v) is 20.6. The number of likely N-dealkylation sites (tertiary alicyclic amines) is 1. The Kier molecular flexibility index (Phi) is 10.0. The zero-order valence-electron chi connectivity index (χ0n) is 19.8. The summed E-state index contributed by atoms with van der Waals surface area (Å²) in [6.45, 7) is 6.07. The first-order chi connectivity index (χ1) is 16.8. The van der Waals surface area contributed by atoms with Gasteiger partial charge in [0, 0.05) is 68.8 Å². The number of anilines is 1. The molecule has 0 radical (unpaired) electrons. The van der Waals surface area contributed by atoms with E-state index in [-0.39, 0.29) is 19.3 Å². The van der Waals surface area contributed by atoms with Crippen molar-refractivity contribution in [2.75, 3.05) is 50.7 Å². The number of amides is 1. The number of aromatic nitrogens is 1. The average Bonchev–Trinajstić information content (AvgIpc) is 2.85. The van der Waals surface area contributed by atoms with Crippen LogP contribution in [0.4, 0.5) is 18.9 Å². The molecule has 2 saturated heterocycles. The summed E-state index contributed by atoms with van der Waals surface area (Å²) < 4.78 is 38.9. The summed E-state index contributed by atoms with van der Waals surface area (Å²) in [6, 6.07) is 9.10. The molecular weight excluding hydrogens is 489 g/mol. The Bertz CT molecular complexity index is 978. The lowest BCUT2D eigenvalue weighted by Gasteiger charge is -2.36. The molecule has 0 N–H and O–H groups in total. The molecule has 36 heavy (non-hydrogen) atoms. The summed E-state index contributed by atoms with van der Waals surface area (Å²) in [5, 5.41) is 0.741. The van der Waals surface area contributed by atoms with E-state index >= 15 is 0 Å². The highest BCUT2D eigenvalue weighted by Gasteiger charge is 2.31. The zero-order chi connectivity index (χ0) is 24.8. The smallest absolute Gasteiger partial charge is 0.369 e. The third-order valence-electron chi connectivity index (χ3n) is 6.95. The molecule has 2 fully saturated rings. The Balaban J connectivity index is 0.00000361. The predicted octanol–water partition coefficient (Wildman–Crippen LogP) is 5.77. The molecular formula is C27H36ClF3N4O. The third kappa shape index (κ3) is 7.84. The molecule has 1 aromatic heterocycles. The molecule has 0 unspecified atom stereocenters. The van der Waals surface area contributed by atoms with Crippen LogP contribution in [0.15, 0.2) is 42.7 Å². The number of piperidine rings is 1. The minimum atomic E-state index is -4.39. The van der Waals surface area contributed by atoms with Gasteiger partial charge < -0.3 is 9.80 Å². The molecule has 2 aromatic rings.